The van der Waals surface area contributed by atoms with E-state index in [0.29, 0.717) is 10.7 Å². The quantitative estimate of drug-likeness (QED) is 0.695. The average molecular weight is 325 g/mol. The number of hydrazine groups is 1. The van der Waals surface area contributed by atoms with Gasteiger partial charge in [-0.1, -0.05) is 54.1 Å². The van der Waals surface area contributed by atoms with E-state index in [1.54, 1.807) is 48.6 Å². The second-order valence-electron chi connectivity index (χ2n) is 4.91. The molecule has 1 fully saturated rings. The summed E-state index contributed by atoms with van der Waals surface area (Å²) in [5.74, 6) is -0.799. The summed E-state index contributed by atoms with van der Waals surface area (Å²) < 4.78 is 0. The molecule has 0 radical (unpaired) electrons. The number of rotatable bonds is 3. The maximum Gasteiger partial charge on any atom is 0.282 e. The molecule has 2 aromatic carbocycles. The van der Waals surface area contributed by atoms with Crippen LogP contribution in [-0.4, -0.2) is 11.8 Å². The number of allylic oxidation sites excluding steroid dienone is 2. The Morgan fingerprint density at radius 3 is 2.52 bits per heavy atom. The number of hydrogen-bond donors (Lipinski definition) is 1. The van der Waals surface area contributed by atoms with E-state index in [9.17, 15) is 9.59 Å². The van der Waals surface area contributed by atoms with E-state index in [1.807, 2.05) is 18.2 Å². The number of amides is 2. The average Bonchev–Trinajstić information content (AvgIpc) is 2.84. The Morgan fingerprint density at radius 1 is 1.00 bits per heavy atom. The molecule has 0 aliphatic carbocycles. The minimum Gasteiger partial charge on any atom is -0.267 e. The molecule has 0 bridgehead atoms. The fraction of sp³-hybridized carbons (Fsp3) is 0. The molecule has 0 unspecified atom stereocenters. The van der Waals surface area contributed by atoms with Crippen LogP contribution in [0, 0.1) is 0 Å². The van der Waals surface area contributed by atoms with Crippen molar-refractivity contribution >= 4 is 35.2 Å². The highest BCUT2D eigenvalue weighted by atomic mass is 35.5. The van der Waals surface area contributed by atoms with Gasteiger partial charge in [-0.3, -0.25) is 15.0 Å². The molecule has 5 heteroatoms. The standard InChI is InChI=1S/C18H13ClN2O2/c19-14-8-4-6-13(12-14)7-5-11-16-17(22)20-21(18(16)23)15-9-2-1-3-10-15/h1-12H,(H,20,22)/b7-5+,16-11-. The summed E-state index contributed by atoms with van der Waals surface area (Å²) in [7, 11) is 0. The van der Waals surface area contributed by atoms with Gasteiger partial charge in [0.15, 0.2) is 0 Å². The first-order valence-electron chi connectivity index (χ1n) is 6.99. The minimum atomic E-state index is -0.422. The highest BCUT2D eigenvalue weighted by Crippen LogP contribution is 2.19. The molecule has 1 aliphatic heterocycles. The van der Waals surface area contributed by atoms with Crippen molar-refractivity contribution in [2.45, 2.75) is 0 Å². The molecule has 3 rings (SSSR count). The fourth-order valence-electron chi connectivity index (χ4n) is 2.20. The van der Waals surface area contributed by atoms with E-state index < -0.39 is 5.91 Å². The molecule has 23 heavy (non-hydrogen) atoms. The second-order valence-corrected chi connectivity index (χ2v) is 5.35. The monoisotopic (exact) mass is 324 g/mol. The maximum absolute atomic E-state index is 12.3. The van der Waals surface area contributed by atoms with Crippen molar-refractivity contribution in [1.82, 2.24) is 5.43 Å². The van der Waals surface area contributed by atoms with E-state index in [4.69, 9.17) is 11.6 Å². The Hall–Kier alpha value is -2.85. The summed E-state index contributed by atoms with van der Waals surface area (Å²) in [5.41, 5.74) is 4.15. The van der Waals surface area contributed by atoms with Crippen molar-refractivity contribution in [3.05, 3.63) is 82.9 Å². The highest BCUT2D eigenvalue weighted by molar-refractivity contribution is 6.30. The lowest BCUT2D eigenvalue weighted by molar-refractivity contribution is -0.117. The molecule has 0 aromatic heterocycles. The molecular formula is C18H13ClN2O2. The Balaban J connectivity index is 1.80. The van der Waals surface area contributed by atoms with Crippen LogP contribution in [0.3, 0.4) is 0 Å². The molecule has 114 valence electrons. The molecule has 1 aliphatic rings. The molecule has 2 aromatic rings. The van der Waals surface area contributed by atoms with Gasteiger partial charge < -0.3 is 0 Å². The first-order chi connectivity index (χ1) is 11.1. The van der Waals surface area contributed by atoms with Gasteiger partial charge in [0.05, 0.1) is 5.69 Å². The van der Waals surface area contributed by atoms with Crippen LogP contribution in [0.25, 0.3) is 6.08 Å². The van der Waals surface area contributed by atoms with Gasteiger partial charge in [0.2, 0.25) is 0 Å². The molecule has 2 amide bonds. The van der Waals surface area contributed by atoms with Gasteiger partial charge in [0.1, 0.15) is 5.57 Å². The van der Waals surface area contributed by atoms with Gasteiger partial charge in [-0.2, -0.15) is 0 Å². The summed E-state index contributed by atoms with van der Waals surface area (Å²) in [5, 5.41) is 1.87. The van der Waals surface area contributed by atoms with Crippen molar-refractivity contribution in [3.8, 4) is 0 Å². The third kappa shape index (κ3) is 3.33. The lowest BCUT2D eigenvalue weighted by atomic mass is 10.2. The first-order valence-corrected chi connectivity index (χ1v) is 7.37. The third-order valence-electron chi connectivity index (χ3n) is 3.31. The number of nitrogens with zero attached hydrogens (tertiary/aromatic N) is 1. The topological polar surface area (TPSA) is 49.4 Å². The van der Waals surface area contributed by atoms with Crippen LogP contribution in [0.4, 0.5) is 5.69 Å². The normalized spacial score (nSPS) is 16.4. The van der Waals surface area contributed by atoms with Gasteiger partial charge in [-0.15, -0.1) is 0 Å². The van der Waals surface area contributed by atoms with Gasteiger partial charge in [0, 0.05) is 5.02 Å². The van der Waals surface area contributed by atoms with E-state index >= 15 is 0 Å². The Bertz CT molecular complexity index is 813. The van der Waals surface area contributed by atoms with E-state index in [-0.39, 0.29) is 11.5 Å². The first kappa shape index (κ1) is 15.1. The van der Waals surface area contributed by atoms with Gasteiger partial charge >= 0.3 is 0 Å². The van der Waals surface area contributed by atoms with Gasteiger partial charge in [-0.25, -0.2) is 5.01 Å². The van der Waals surface area contributed by atoms with Crippen LogP contribution >= 0.6 is 11.6 Å². The number of anilines is 1. The van der Waals surface area contributed by atoms with E-state index in [2.05, 4.69) is 5.43 Å². The number of para-hydroxylation sites is 1. The third-order valence-corrected chi connectivity index (χ3v) is 3.54. The van der Waals surface area contributed by atoms with E-state index in [0.717, 1.165) is 5.56 Å². The van der Waals surface area contributed by atoms with Crippen molar-refractivity contribution in [2.75, 3.05) is 5.01 Å². The number of carbonyl (C=O) groups is 2. The minimum absolute atomic E-state index is 0.0899. The van der Waals surface area contributed by atoms with E-state index in [1.165, 1.54) is 11.1 Å². The number of carbonyl (C=O) groups excluding carboxylic acids is 2. The number of halogens is 1. The number of nitrogens with one attached hydrogen (secondary N) is 1. The van der Waals surface area contributed by atoms with Crippen LogP contribution in [0.15, 0.2) is 72.3 Å². The summed E-state index contributed by atoms with van der Waals surface area (Å²) in [6, 6.07) is 16.2. The summed E-state index contributed by atoms with van der Waals surface area (Å²) in [4.78, 5) is 24.3. The van der Waals surface area contributed by atoms with Crippen LogP contribution in [-0.2, 0) is 9.59 Å². The Morgan fingerprint density at radius 2 is 1.78 bits per heavy atom. The molecule has 0 atom stereocenters. The van der Waals surface area contributed by atoms with Crippen LogP contribution in [0.5, 0.6) is 0 Å². The Labute approximate surface area is 138 Å². The second kappa shape index (κ2) is 6.50. The zero-order chi connectivity index (χ0) is 16.2. The summed E-state index contributed by atoms with van der Waals surface area (Å²) >= 11 is 5.91. The molecule has 1 N–H and O–H groups in total. The highest BCUT2D eigenvalue weighted by Gasteiger charge is 2.33. The molecule has 0 spiro atoms. The van der Waals surface area contributed by atoms with Gasteiger partial charge in [-0.05, 0) is 35.9 Å². The molecular weight excluding hydrogens is 312 g/mol. The van der Waals surface area contributed by atoms with Crippen molar-refractivity contribution in [3.63, 3.8) is 0 Å². The predicted octanol–water partition coefficient (Wildman–Crippen LogP) is 3.36. The van der Waals surface area contributed by atoms with Crippen LogP contribution in [0.1, 0.15) is 5.56 Å². The summed E-state index contributed by atoms with van der Waals surface area (Å²) in [6.07, 6.45) is 4.94. The Kier molecular flexibility index (Phi) is 4.26. The lowest BCUT2D eigenvalue weighted by Crippen LogP contribution is -2.35. The number of hydrogen-bond acceptors (Lipinski definition) is 2. The summed E-state index contributed by atoms with van der Waals surface area (Å²) in [6.45, 7) is 0. The molecule has 0 saturated carbocycles. The zero-order valence-corrected chi connectivity index (χ0v) is 12.8. The smallest absolute Gasteiger partial charge is 0.267 e. The van der Waals surface area contributed by atoms with Crippen molar-refractivity contribution in [2.24, 2.45) is 0 Å². The van der Waals surface area contributed by atoms with Crippen LogP contribution < -0.4 is 10.4 Å². The molecule has 1 saturated heterocycles. The van der Waals surface area contributed by atoms with Crippen molar-refractivity contribution < 1.29 is 9.59 Å². The SMILES string of the molecule is O=C1NN(c2ccccc2)C(=O)/C1=C\C=C\c1cccc(Cl)c1. The van der Waals surface area contributed by atoms with Crippen LogP contribution in [0.2, 0.25) is 5.02 Å². The maximum atomic E-state index is 12.3. The van der Waals surface area contributed by atoms with Crippen molar-refractivity contribution in [1.29, 1.82) is 0 Å². The lowest BCUT2D eigenvalue weighted by Gasteiger charge is -2.13. The largest absolute Gasteiger partial charge is 0.282 e. The molecule has 4 nitrogen and oxygen atoms in total. The predicted molar refractivity (Wildman–Crippen MR) is 90.6 cm³/mol. The number of benzene rings is 2. The van der Waals surface area contributed by atoms with Gasteiger partial charge in [0.25, 0.3) is 11.8 Å². The zero-order valence-electron chi connectivity index (χ0n) is 12.1. The molecule has 1 heterocycles. The fourth-order valence-corrected chi connectivity index (χ4v) is 2.40.